The van der Waals surface area contributed by atoms with Gasteiger partial charge in [-0.1, -0.05) is 85.0 Å². The van der Waals surface area contributed by atoms with Crippen LogP contribution in [-0.4, -0.2) is 6.21 Å². The fraction of sp³-hybridized carbons (Fsp3) is 0.650. The summed E-state index contributed by atoms with van der Waals surface area (Å²) in [6.07, 6.45) is 19.2. The summed E-state index contributed by atoms with van der Waals surface area (Å²) in [5, 5.41) is 0. The first-order chi connectivity index (χ1) is 10.1. The van der Waals surface area contributed by atoms with Crippen LogP contribution in [0.25, 0.3) is 0 Å². The van der Waals surface area contributed by atoms with Crippen LogP contribution in [0, 0.1) is 5.41 Å². The Morgan fingerprint density at radius 3 is 2.14 bits per heavy atom. The third-order valence-corrected chi connectivity index (χ3v) is 4.28. The number of unbranched alkanes of at least 4 members (excludes halogenated alkanes) is 5. The maximum absolute atomic E-state index is 4.09. The highest BCUT2D eigenvalue weighted by Crippen LogP contribution is 2.38. The number of rotatable bonds is 13. The van der Waals surface area contributed by atoms with Crippen molar-refractivity contribution in [2.24, 2.45) is 10.4 Å². The zero-order chi connectivity index (χ0) is 16.0. The van der Waals surface area contributed by atoms with E-state index in [9.17, 15) is 0 Å². The van der Waals surface area contributed by atoms with E-state index in [1.165, 1.54) is 63.4 Å². The van der Waals surface area contributed by atoms with Gasteiger partial charge in [-0.05, 0) is 29.9 Å². The summed E-state index contributed by atoms with van der Waals surface area (Å²) in [7, 11) is 0. The van der Waals surface area contributed by atoms with Gasteiger partial charge in [0, 0.05) is 12.4 Å². The summed E-state index contributed by atoms with van der Waals surface area (Å²) < 4.78 is 0. The molecule has 0 heterocycles. The Bertz CT molecular complexity index is 338. The van der Waals surface area contributed by atoms with Crippen LogP contribution >= 0.6 is 0 Å². The lowest BCUT2D eigenvalue weighted by Gasteiger charge is -2.31. The average Bonchev–Trinajstić information content (AvgIpc) is 2.49. The molecule has 0 aliphatic carbocycles. The summed E-state index contributed by atoms with van der Waals surface area (Å²) in [6.45, 7) is 14.6. The minimum absolute atomic E-state index is 0.233. The molecule has 0 saturated heterocycles. The number of aliphatic imine (C=N–C) groups is 1. The van der Waals surface area contributed by atoms with Gasteiger partial charge in [0.15, 0.2) is 0 Å². The van der Waals surface area contributed by atoms with Crippen molar-refractivity contribution in [1.29, 1.82) is 0 Å². The average molecular weight is 290 g/mol. The largest absolute Gasteiger partial charge is 0.265 e. The molecule has 0 aromatic heterocycles. The van der Waals surface area contributed by atoms with Gasteiger partial charge in [0.25, 0.3) is 0 Å². The van der Waals surface area contributed by atoms with E-state index in [0.717, 1.165) is 0 Å². The van der Waals surface area contributed by atoms with Gasteiger partial charge in [-0.3, -0.25) is 4.99 Å². The maximum atomic E-state index is 4.09. The predicted molar refractivity (Wildman–Crippen MR) is 98.0 cm³/mol. The molecule has 21 heavy (non-hydrogen) atoms. The van der Waals surface area contributed by atoms with E-state index in [2.05, 4.69) is 45.0 Å². The molecule has 0 bridgehead atoms. The highest BCUT2D eigenvalue weighted by atomic mass is 14.6. The third kappa shape index (κ3) is 8.70. The highest BCUT2D eigenvalue weighted by molar-refractivity contribution is 5.73. The Kier molecular flexibility index (Phi) is 12.0. The van der Waals surface area contributed by atoms with Crippen LogP contribution in [0.5, 0.6) is 0 Å². The molecule has 120 valence electrons. The Balaban J connectivity index is 4.76. The lowest BCUT2D eigenvalue weighted by Crippen LogP contribution is -2.19. The van der Waals surface area contributed by atoms with Crippen molar-refractivity contribution >= 4 is 6.21 Å². The molecule has 0 N–H and O–H groups in total. The van der Waals surface area contributed by atoms with Crippen molar-refractivity contribution in [3.8, 4) is 0 Å². The Hall–Kier alpha value is -1.11. The summed E-state index contributed by atoms with van der Waals surface area (Å²) in [5.74, 6) is 0. The lowest BCUT2D eigenvalue weighted by atomic mass is 9.73. The zero-order valence-electron chi connectivity index (χ0n) is 14.5. The fourth-order valence-electron chi connectivity index (χ4n) is 2.80. The van der Waals surface area contributed by atoms with Crippen molar-refractivity contribution in [2.45, 2.75) is 78.6 Å². The topological polar surface area (TPSA) is 12.4 Å². The van der Waals surface area contributed by atoms with Gasteiger partial charge in [0.1, 0.15) is 0 Å². The van der Waals surface area contributed by atoms with Crippen LogP contribution < -0.4 is 0 Å². The number of nitrogens with zero attached hydrogens (tertiary/aromatic N) is 1. The molecule has 0 saturated carbocycles. The van der Waals surface area contributed by atoms with Gasteiger partial charge >= 0.3 is 0 Å². The molecule has 0 aromatic rings. The number of hydrogen-bond acceptors (Lipinski definition) is 1. The molecule has 0 aliphatic heterocycles. The van der Waals surface area contributed by atoms with Crippen molar-refractivity contribution < 1.29 is 0 Å². The van der Waals surface area contributed by atoms with Crippen LogP contribution in [-0.2, 0) is 0 Å². The maximum Gasteiger partial charge on any atom is 0.0270 e. The summed E-state index contributed by atoms with van der Waals surface area (Å²) >= 11 is 0. The zero-order valence-corrected chi connectivity index (χ0v) is 14.5. The van der Waals surface area contributed by atoms with Crippen molar-refractivity contribution in [3.05, 3.63) is 37.1 Å². The standard InChI is InChI=1S/C20H35N/c1-6-10-12-13-14-17-20(5,16-11-7-2)19(8-3)15-18-21-9-4/h8-9,15,18H,3-4,6-7,10-14,16-17H2,1-2,5H3/b19-15+,21-18?. The van der Waals surface area contributed by atoms with Gasteiger partial charge in [-0.25, -0.2) is 0 Å². The number of hydrogen-bond donors (Lipinski definition) is 0. The molecule has 0 spiro atoms. The first-order valence-corrected chi connectivity index (χ1v) is 8.61. The molecule has 1 unspecified atom stereocenters. The quantitative estimate of drug-likeness (QED) is 0.199. The first kappa shape index (κ1) is 19.9. The molecular formula is C20H35N. The van der Waals surface area contributed by atoms with Crippen LogP contribution in [0.2, 0.25) is 0 Å². The molecule has 0 amide bonds. The van der Waals surface area contributed by atoms with Gasteiger partial charge in [-0.2, -0.15) is 0 Å². The van der Waals surface area contributed by atoms with E-state index in [0.29, 0.717) is 0 Å². The summed E-state index contributed by atoms with van der Waals surface area (Å²) in [4.78, 5) is 4.09. The molecule has 0 rings (SSSR count). The summed E-state index contributed by atoms with van der Waals surface area (Å²) in [6, 6.07) is 0. The van der Waals surface area contributed by atoms with Crippen molar-refractivity contribution in [1.82, 2.24) is 0 Å². The van der Waals surface area contributed by atoms with Gasteiger partial charge in [-0.15, -0.1) is 0 Å². The van der Waals surface area contributed by atoms with Gasteiger partial charge < -0.3 is 0 Å². The van der Waals surface area contributed by atoms with E-state index in [1.54, 1.807) is 6.20 Å². The van der Waals surface area contributed by atoms with E-state index < -0.39 is 0 Å². The third-order valence-electron chi connectivity index (χ3n) is 4.28. The Morgan fingerprint density at radius 1 is 0.952 bits per heavy atom. The smallest absolute Gasteiger partial charge is 0.0270 e. The fourth-order valence-corrected chi connectivity index (χ4v) is 2.80. The van der Waals surface area contributed by atoms with Crippen LogP contribution in [0.4, 0.5) is 0 Å². The van der Waals surface area contributed by atoms with Gasteiger partial charge in [0.05, 0.1) is 0 Å². The van der Waals surface area contributed by atoms with Crippen molar-refractivity contribution in [2.75, 3.05) is 0 Å². The summed E-state index contributed by atoms with van der Waals surface area (Å²) in [5.41, 5.74) is 1.55. The lowest BCUT2D eigenvalue weighted by molar-refractivity contribution is 0.317. The molecule has 0 fully saturated rings. The van der Waals surface area contributed by atoms with E-state index in [-0.39, 0.29) is 5.41 Å². The second-order valence-electron chi connectivity index (χ2n) is 6.14. The van der Waals surface area contributed by atoms with Crippen LogP contribution in [0.15, 0.2) is 42.1 Å². The monoisotopic (exact) mass is 289 g/mol. The minimum Gasteiger partial charge on any atom is -0.265 e. The Labute approximate surface area is 132 Å². The highest BCUT2D eigenvalue weighted by Gasteiger charge is 2.25. The molecule has 0 aromatic carbocycles. The molecule has 1 atom stereocenters. The number of allylic oxidation sites excluding steroid dienone is 3. The van der Waals surface area contributed by atoms with Gasteiger partial charge in [0.2, 0.25) is 0 Å². The molecule has 0 radical (unpaired) electrons. The molecular weight excluding hydrogens is 254 g/mol. The molecule has 0 aliphatic rings. The first-order valence-electron chi connectivity index (χ1n) is 8.61. The second-order valence-corrected chi connectivity index (χ2v) is 6.14. The molecule has 1 nitrogen and oxygen atoms in total. The van der Waals surface area contributed by atoms with Crippen LogP contribution in [0.3, 0.4) is 0 Å². The van der Waals surface area contributed by atoms with E-state index >= 15 is 0 Å². The molecule has 1 heteroatoms. The second kappa shape index (κ2) is 12.6. The van der Waals surface area contributed by atoms with E-state index in [4.69, 9.17) is 0 Å². The Morgan fingerprint density at radius 2 is 1.57 bits per heavy atom. The van der Waals surface area contributed by atoms with E-state index in [1.807, 2.05) is 12.3 Å². The van der Waals surface area contributed by atoms with Crippen LogP contribution in [0.1, 0.15) is 78.6 Å². The predicted octanol–water partition coefficient (Wildman–Crippen LogP) is 6.87. The normalized spacial score (nSPS) is 15.1. The minimum atomic E-state index is 0.233. The SMILES string of the molecule is C=CN=C/C=C(\C=C)C(C)(CCCC)CCCCCCC. The van der Waals surface area contributed by atoms with Crippen molar-refractivity contribution in [3.63, 3.8) is 0 Å².